The maximum atomic E-state index is 11.4. The summed E-state index contributed by atoms with van der Waals surface area (Å²) in [5.74, 6) is -0.0812. The maximum Gasteiger partial charge on any atom is 0.303 e. The normalized spacial score (nSPS) is 11.9. The summed E-state index contributed by atoms with van der Waals surface area (Å²) < 4.78 is 0. The maximum absolute atomic E-state index is 11.4. The topological polar surface area (TPSA) is 90.2 Å². The summed E-state index contributed by atoms with van der Waals surface area (Å²) in [5.41, 5.74) is 0. The predicted octanol–water partition coefficient (Wildman–Crippen LogP) is 1.50. The van der Waals surface area contributed by atoms with Crippen molar-refractivity contribution in [1.29, 1.82) is 5.26 Å². The molecular weight excluding hydrogens is 252 g/mol. The molecule has 0 aromatic carbocycles. The minimum atomic E-state index is -0.839. The Hall–Kier alpha value is -1.22. The van der Waals surface area contributed by atoms with Crippen LogP contribution in [0.3, 0.4) is 0 Å². The quantitative estimate of drug-likeness (QED) is 0.621. The summed E-state index contributed by atoms with van der Waals surface area (Å²) in [6.45, 7) is 4.44. The van der Waals surface area contributed by atoms with Crippen molar-refractivity contribution in [1.82, 2.24) is 5.32 Å². The Labute approximate surface area is 112 Å². The van der Waals surface area contributed by atoms with E-state index in [-0.39, 0.29) is 29.8 Å². The van der Waals surface area contributed by atoms with Gasteiger partial charge in [0.15, 0.2) is 0 Å². The van der Waals surface area contributed by atoms with Crippen LogP contribution in [0.5, 0.6) is 0 Å². The van der Waals surface area contributed by atoms with Crippen LogP contribution in [-0.2, 0) is 9.59 Å². The van der Waals surface area contributed by atoms with E-state index in [2.05, 4.69) is 5.32 Å². The molecule has 0 spiro atoms. The van der Waals surface area contributed by atoms with Gasteiger partial charge >= 0.3 is 5.97 Å². The van der Waals surface area contributed by atoms with Gasteiger partial charge in [0, 0.05) is 13.0 Å². The number of nitrogens with one attached hydrogen (secondary N) is 1. The van der Waals surface area contributed by atoms with Gasteiger partial charge in [0.05, 0.1) is 17.6 Å². The third-order valence-electron chi connectivity index (χ3n) is 2.26. The van der Waals surface area contributed by atoms with Crippen molar-refractivity contribution < 1.29 is 14.7 Å². The van der Waals surface area contributed by atoms with Crippen LogP contribution >= 0.6 is 11.8 Å². The van der Waals surface area contributed by atoms with E-state index in [0.717, 1.165) is 6.42 Å². The lowest BCUT2D eigenvalue weighted by atomic mass is 9.94. The molecule has 1 atom stereocenters. The van der Waals surface area contributed by atoms with Gasteiger partial charge < -0.3 is 10.4 Å². The van der Waals surface area contributed by atoms with Crippen molar-refractivity contribution in [2.45, 2.75) is 26.7 Å². The first-order chi connectivity index (χ1) is 8.45. The summed E-state index contributed by atoms with van der Waals surface area (Å²) in [7, 11) is 0. The molecule has 0 heterocycles. The average Bonchev–Trinajstić information content (AvgIpc) is 2.25. The second-order valence-electron chi connectivity index (χ2n) is 4.55. The van der Waals surface area contributed by atoms with E-state index >= 15 is 0 Å². The zero-order valence-electron chi connectivity index (χ0n) is 10.8. The van der Waals surface area contributed by atoms with Crippen molar-refractivity contribution in [3.63, 3.8) is 0 Å². The molecular formula is C12H20N2O3S. The highest BCUT2D eigenvalue weighted by molar-refractivity contribution is 8.00. The first-order valence-corrected chi connectivity index (χ1v) is 7.04. The number of aliphatic carboxylic acids is 1. The number of thioether (sulfide) groups is 1. The van der Waals surface area contributed by atoms with Crippen LogP contribution in [0, 0.1) is 23.2 Å². The number of carbonyl (C=O) groups is 2. The SMILES string of the molecule is CC(C)CC(CNC(=O)CSCC#N)CC(=O)O. The molecule has 0 saturated heterocycles. The molecule has 0 aliphatic carbocycles. The van der Waals surface area contributed by atoms with Gasteiger partial charge in [-0.3, -0.25) is 9.59 Å². The number of carbonyl (C=O) groups excluding carboxylic acids is 1. The molecule has 2 N–H and O–H groups in total. The van der Waals surface area contributed by atoms with Crippen LogP contribution in [0.15, 0.2) is 0 Å². The minimum absolute atomic E-state index is 0.0348. The standard InChI is InChI=1S/C12H20N2O3S/c1-9(2)5-10(6-12(16)17)7-14-11(15)8-18-4-3-13/h9-10H,4-8H2,1-2H3,(H,14,15)(H,16,17). The zero-order chi connectivity index (χ0) is 14.0. The van der Waals surface area contributed by atoms with Crippen molar-refractivity contribution in [2.24, 2.45) is 11.8 Å². The highest BCUT2D eigenvalue weighted by Gasteiger charge is 2.15. The molecule has 0 aromatic heterocycles. The molecule has 6 heteroatoms. The van der Waals surface area contributed by atoms with Crippen LogP contribution in [0.1, 0.15) is 26.7 Å². The van der Waals surface area contributed by atoms with E-state index in [9.17, 15) is 9.59 Å². The molecule has 1 amide bonds. The van der Waals surface area contributed by atoms with Crippen LogP contribution in [-0.4, -0.2) is 35.0 Å². The number of hydrogen-bond acceptors (Lipinski definition) is 4. The Kier molecular flexibility index (Phi) is 9.11. The fourth-order valence-electron chi connectivity index (χ4n) is 1.65. The zero-order valence-corrected chi connectivity index (χ0v) is 11.6. The van der Waals surface area contributed by atoms with Crippen LogP contribution in [0.2, 0.25) is 0 Å². The Balaban J connectivity index is 3.97. The minimum Gasteiger partial charge on any atom is -0.481 e. The van der Waals surface area contributed by atoms with E-state index in [0.29, 0.717) is 12.5 Å². The van der Waals surface area contributed by atoms with Gasteiger partial charge in [0.1, 0.15) is 0 Å². The molecule has 0 aromatic rings. The van der Waals surface area contributed by atoms with Gasteiger partial charge in [-0.1, -0.05) is 13.8 Å². The number of amides is 1. The summed E-state index contributed by atoms with van der Waals surface area (Å²) in [5, 5.41) is 19.8. The van der Waals surface area contributed by atoms with E-state index in [1.54, 1.807) is 0 Å². The lowest BCUT2D eigenvalue weighted by Crippen LogP contribution is -2.32. The summed E-state index contributed by atoms with van der Waals surface area (Å²) in [4.78, 5) is 22.1. The molecule has 0 rings (SSSR count). The molecule has 0 saturated carbocycles. The highest BCUT2D eigenvalue weighted by atomic mass is 32.2. The predicted molar refractivity (Wildman–Crippen MR) is 71.1 cm³/mol. The molecule has 0 radical (unpaired) electrons. The lowest BCUT2D eigenvalue weighted by molar-refractivity contribution is -0.138. The molecule has 0 aliphatic rings. The van der Waals surface area contributed by atoms with Crippen molar-refractivity contribution in [2.75, 3.05) is 18.1 Å². The number of nitrogens with zero attached hydrogens (tertiary/aromatic N) is 1. The van der Waals surface area contributed by atoms with Gasteiger partial charge in [0.25, 0.3) is 0 Å². The number of carboxylic acids is 1. The number of rotatable bonds is 9. The fraction of sp³-hybridized carbons (Fsp3) is 0.750. The van der Waals surface area contributed by atoms with Crippen LogP contribution in [0.4, 0.5) is 0 Å². The Morgan fingerprint density at radius 1 is 1.44 bits per heavy atom. The Morgan fingerprint density at radius 2 is 2.11 bits per heavy atom. The summed E-state index contributed by atoms with van der Waals surface area (Å²) in [6.07, 6.45) is 0.849. The second-order valence-corrected chi connectivity index (χ2v) is 5.53. The Morgan fingerprint density at radius 3 is 2.61 bits per heavy atom. The van der Waals surface area contributed by atoms with Crippen molar-refractivity contribution in [3.05, 3.63) is 0 Å². The molecule has 0 aliphatic heterocycles. The molecule has 18 heavy (non-hydrogen) atoms. The Bertz CT molecular complexity index is 313. The smallest absolute Gasteiger partial charge is 0.303 e. The number of nitriles is 1. The van der Waals surface area contributed by atoms with Crippen LogP contribution < -0.4 is 5.32 Å². The molecule has 0 fully saturated rings. The van der Waals surface area contributed by atoms with Gasteiger partial charge in [-0.2, -0.15) is 5.26 Å². The largest absolute Gasteiger partial charge is 0.481 e. The second kappa shape index (κ2) is 9.77. The summed E-state index contributed by atoms with van der Waals surface area (Å²) >= 11 is 1.25. The molecule has 102 valence electrons. The van der Waals surface area contributed by atoms with Gasteiger partial charge in [-0.25, -0.2) is 0 Å². The third kappa shape index (κ3) is 9.97. The van der Waals surface area contributed by atoms with Gasteiger partial charge in [0.2, 0.25) is 5.91 Å². The third-order valence-corrected chi connectivity index (χ3v) is 3.06. The van der Waals surface area contributed by atoms with Crippen molar-refractivity contribution >= 4 is 23.6 Å². The first-order valence-electron chi connectivity index (χ1n) is 5.88. The highest BCUT2D eigenvalue weighted by Crippen LogP contribution is 2.14. The number of carboxylic acid groups (broad SMARTS) is 1. The van der Waals surface area contributed by atoms with E-state index in [4.69, 9.17) is 10.4 Å². The first kappa shape index (κ1) is 16.8. The molecule has 0 bridgehead atoms. The average molecular weight is 272 g/mol. The van der Waals surface area contributed by atoms with E-state index < -0.39 is 5.97 Å². The van der Waals surface area contributed by atoms with E-state index in [1.807, 2.05) is 19.9 Å². The van der Waals surface area contributed by atoms with E-state index in [1.165, 1.54) is 11.8 Å². The fourth-order valence-corrected chi connectivity index (χ4v) is 2.13. The summed E-state index contributed by atoms with van der Waals surface area (Å²) in [6, 6.07) is 1.95. The van der Waals surface area contributed by atoms with Gasteiger partial charge in [-0.05, 0) is 18.3 Å². The molecule has 1 unspecified atom stereocenters. The van der Waals surface area contributed by atoms with Gasteiger partial charge in [-0.15, -0.1) is 11.8 Å². The lowest BCUT2D eigenvalue weighted by Gasteiger charge is -2.17. The number of hydrogen-bond donors (Lipinski definition) is 2. The molecule has 5 nitrogen and oxygen atoms in total. The van der Waals surface area contributed by atoms with Crippen LogP contribution in [0.25, 0.3) is 0 Å². The van der Waals surface area contributed by atoms with Crippen molar-refractivity contribution in [3.8, 4) is 6.07 Å². The monoisotopic (exact) mass is 272 g/mol.